The highest BCUT2D eigenvalue weighted by molar-refractivity contribution is 5.88. The van der Waals surface area contributed by atoms with Crippen LogP contribution in [0.2, 0.25) is 0 Å². The summed E-state index contributed by atoms with van der Waals surface area (Å²) in [6, 6.07) is 71.6. The summed E-state index contributed by atoms with van der Waals surface area (Å²) in [6.45, 7) is 0. The fourth-order valence-electron chi connectivity index (χ4n) is 7.28. The molecule has 4 heteroatoms. The highest BCUT2D eigenvalue weighted by Crippen LogP contribution is 2.33. The van der Waals surface area contributed by atoms with Crippen molar-refractivity contribution >= 4 is 21.5 Å². The molecule has 0 amide bonds. The Kier molecular flexibility index (Phi) is 8.47. The summed E-state index contributed by atoms with van der Waals surface area (Å²) in [5.41, 5.74) is 11.9. The van der Waals surface area contributed by atoms with E-state index in [-0.39, 0.29) is 0 Å². The molecular weight excluding hydrogens is 681 g/mol. The van der Waals surface area contributed by atoms with Crippen molar-refractivity contribution in [3.8, 4) is 78.9 Å². The molecule has 0 aliphatic rings. The highest BCUT2D eigenvalue weighted by atomic mass is 14.9. The zero-order chi connectivity index (χ0) is 37.3. The van der Waals surface area contributed by atoms with E-state index in [0.29, 0.717) is 11.6 Å². The first kappa shape index (κ1) is 33.0. The van der Waals surface area contributed by atoms with Crippen LogP contribution in [-0.2, 0) is 0 Å². The molecule has 2 aromatic heterocycles. The lowest BCUT2D eigenvalue weighted by Crippen LogP contribution is -1.96. The van der Waals surface area contributed by atoms with Gasteiger partial charge in [0.1, 0.15) is 0 Å². The van der Waals surface area contributed by atoms with Crippen molar-refractivity contribution in [1.29, 1.82) is 0 Å². The van der Waals surface area contributed by atoms with Gasteiger partial charge in [-0.2, -0.15) is 0 Å². The largest absolute Gasteiger partial charge is 0.228 e. The first-order chi connectivity index (χ1) is 27.7. The molecule has 0 saturated heterocycles. The van der Waals surface area contributed by atoms with Gasteiger partial charge in [-0.25, -0.2) is 19.9 Å². The first-order valence-electron chi connectivity index (χ1n) is 18.8. The van der Waals surface area contributed by atoms with Crippen LogP contribution < -0.4 is 0 Å². The van der Waals surface area contributed by atoms with Crippen LogP contribution in [-0.4, -0.2) is 19.9 Å². The third-order valence-corrected chi connectivity index (χ3v) is 10.3. The third kappa shape index (κ3) is 6.61. The van der Waals surface area contributed by atoms with Crippen LogP contribution in [0, 0.1) is 0 Å². The minimum atomic E-state index is 0.691. The van der Waals surface area contributed by atoms with Crippen molar-refractivity contribution in [2.24, 2.45) is 0 Å². The van der Waals surface area contributed by atoms with Gasteiger partial charge in [0.25, 0.3) is 0 Å². The maximum atomic E-state index is 5.10. The molecule has 0 aliphatic carbocycles. The maximum absolute atomic E-state index is 5.10. The lowest BCUT2D eigenvalue weighted by Gasteiger charge is -2.11. The smallest absolute Gasteiger partial charge is 0.160 e. The topological polar surface area (TPSA) is 51.6 Å². The molecule has 0 fully saturated rings. The van der Waals surface area contributed by atoms with E-state index in [1.807, 2.05) is 36.4 Å². The van der Waals surface area contributed by atoms with Crippen molar-refractivity contribution in [2.75, 3.05) is 0 Å². The number of hydrogen-bond acceptors (Lipinski definition) is 4. The molecule has 0 atom stereocenters. The monoisotopic (exact) mass is 714 g/mol. The average molecular weight is 715 g/mol. The molecule has 0 unspecified atom stereocenters. The molecule has 2 heterocycles. The van der Waals surface area contributed by atoms with Gasteiger partial charge < -0.3 is 0 Å². The molecule has 8 aromatic carbocycles. The predicted octanol–water partition coefficient (Wildman–Crippen LogP) is 13.2. The summed E-state index contributed by atoms with van der Waals surface area (Å²) in [5.74, 6) is 1.39. The zero-order valence-electron chi connectivity index (χ0n) is 30.4. The van der Waals surface area contributed by atoms with Gasteiger partial charge >= 0.3 is 0 Å². The second-order valence-electron chi connectivity index (χ2n) is 13.9. The summed E-state index contributed by atoms with van der Waals surface area (Å²) in [7, 11) is 0. The molecule has 262 valence electrons. The standard InChI is InChI=1S/C52H34N4/c1-3-13-39(14-4-1)47-33-49(55-52(54-47)46-30-24-36-12-8-10-18-44(36)32-46)41-25-19-37(20-26-41)38-21-27-42(28-22-38)51-53-48(40-15-5-2-6-16-40)34-50(56-51)45-29-23-35-11-7-9-17-43(35)31-45/h1-34H. The van der Waals surface area contributed by atoms with E-state index >= 15 is 0 Å². The maximum Gasteiger partial charge on any atom is 0.160 e. The van der Waals surface area contributed by atoms with Gasteiger partial charge in [0, 0.05) is 33.4 Å². The van der Waals surface area contributed by atoms with E-state index < -0.39 is 0 Å². The molecule has 56 heavy (non-hydrogen) atoms. The SMILES string of the molecule is c1ccc(-c2cc(-c3ccc4ccccc4c3)nc(-c3ccc(-c4ccc(-c5cc(-c6ccccc6)nc(-c6ccc7ccccc7c6)n5)cc4)cc3)n2)cc1. The normalized spacial score (nSPS) is 11.2. The fraction of sp³-hybridized carbons (Fsp3) is 0. The van der Waals surface area contributed by atoms with Crippen molar-refractivity contribution < 1.29 is 0 Å². The molecular formula is C52H34N4. The Morgan fingerprint density at radius 2 is 0.518 bits per heavy atom. The van der Waals surface area contributed by atoms with Gasteiger partial charge in [0.05, 0.1) is 22.8 Å². The summed E-state index contributed by atoms with van der Waals surface area (Å²) in [5, 5.41) is 4.75. The minimum absolute atomic E-state index is 0.691. The Balaban J connectivity index is 0.980. The van der Waals surface area contributed by atoms with Crippen LogP contribution in [0.25, 0.3) is 100 Å². The average Bonchev–Trinajstić information content (AvgIpc) is 3.29. The Morgan fingerprint density at radius 1 is 0.196 bits per heavy atom. The second-order valence-corrected chi connectivity index (χ2v) is 13.9. The minimum Gasteiger partial charge on any atom is -0.228 e. The number of hydrogen-bond donors (Lipinski definition) is 0. The van der Waals surface area contributed by atoms with Gasteiger partial charge in [0.2, 0.25) is 0 Å². The third-order valence-electron chi connectivity index (χ3n) is 10.3. The number of nitrogens with zero attached hydrogens (tertiary/aromatic N) is 4. The second kappa shape index (κ2) is 14.3. The van der Waals surface area contributed by atoms with Crippen LogP contribution in [0.15, 0.2) is 206 Å². The van der Waals surface area contributed by atoms with Crippen molar-refractivity contribution in [2.45, 2.75) is 0 Å². The molecule has 0 radical (unpaired) electrons. The predicted molar refractivity (Wildman–Crippen MR) is 231 cm³/mol. The van der Waals surface area contributed by atoms with E-state index in [1.54, 1.807) is 0 Å². The number of benzene rings is 8. The van der Waals surface area contributed by atoms with Crippen LogP contribution in [0.5, 0.6) is 0 Å². The molecule has 0 aliphatic heterocycles. The first-order valence-corrected chi connectivity index (χ1v) is 18.8. The van der Waals surface area contributed by atoms with Crippen LogP contribution in [0.1, 0.15) is 0 Å². The van der Waals surface area contributed by atoms with Crippen molar-refractivity contribution in [3.63, 3.8) is 0 Å². The fourth-order valence-corrected chi connectivity index (χ4v) is 7.28. The Morgan fingerprint density at radius 3 is 1.02 bits per heavy atom. The molecule has 0 bridgehead atoms. The summed E-state index contributed by atoms with van der Waals surface area (Å²) in [6.07, 6.45) is 0. The lowest BCUT2D eigenvalue weighted by molar-refractivity contribution is 1.18. The van der Waals surface area contributed by atoms with E-state index in [9.17, 15) is 0 Å². The molecule has 4 nitrogen and oxygen atoms in total. The van der Waals surface area contributed by atoms with Gasteiger partial charge in [-0.15, -0.1) is 0 Å². The highest BCUT2D eigenvalue weighted by Gasteiger charge is 2.14. The number of rotatable bonds is 7. The van der Waals surface area contributed by atoms with Gasteiger partial charge in [0.15, 0.2) is 11.6 Å². The Hall–Kier alpha value is -7.56. The van der Waals surface area contributed by atoms with E-state index in [0.717, 1.165) is 72.7 Å². The summed E-state index contributed by atoms with van der Waals surface area (Å²) in [4.78, 5) is 20.3. The molecule has 0 N–H and O–H groups in total. The quantitative estimate of drug-likeness (QED) is 0.165. The van der Waals surface area contributed by atoms with E-state index in [1.165, 1.54) is 16.2 Å². The number of aromatic nitrogens is 4. The van der Waals surface area contributed by atoms with Crippen LogP contribution >= 0.6 is 0 Å². The molecule has 0 spiro atoms. The van der Waals surface area contributed by atoms with Gasteiger partial charge in [-0.05, 0) is 56.9 Å². The van der Waals surface area contributed by atoms with Crippen molar-refractivity contribution in [1.82, 2.24) is 19.9 Å². The van der Waals surface area contributed by atoms with E-state index in [4.69, 9.17) is 19.9 Å². The summed E-state index contributed by atoms with van der Waals surface area (Å²) < 4.78 is 0. The molecule has 10 aromatic rings. The van der Waals surface area contributed by atoms with E-state index in [2.05, 4.69) is 170 Å². The van der Waals surface area contributed by atoms with Gasteiger partial charge in [-0.3, -0.25) is 0 Å². The lowest BCUT2D eigenvalue weighted by atomic mass is 10.00. The number of fused-ring (bicyclic) bond motifs is 2. The van der Waals surface area contributed by atoms with Crippen LogP contribution in [0.4, 0.5) is 0 Å². The molecule has 0 saturated carbocycles. The summed E-state index contributed by atoms with van der Waals surface area (Å²) >= 11 is 0. The Labute approximate surface area is 325 Å². The zero-order valence-corrected chi connectivity index (χ0v) is 30.4. The van der Waals surface area contributed by atoms with Crippen LogP contribution in [0.3, 0.4) is 0 Å². The Bertz CT molecular complexity index is 2790. The van der Waals surface area contributed by atoms with Gasteiger partial charge in [-0.1, -0.05) is 182 Å². The van der Waals surface area contributed by atoms with Crippen molar-refractivity contribution in [3.05, 3.63) is 206 Å². The molecule has 10 rings (SSSR count).